The first-order valence-corrected chi connectivity index (χ1v) is 13.9. The highest BCUT2D eigenvalue weighted by molar-refractivity contribution is 8.01. The number of nitrogens with zero attached hydrogens (tertiary/aromatic N) is 1. The Morgan fingerprint density at radius 1 is 0.583 bits per heavy atom. The Hall–Kier alpha value is -2.99. The van der Waals surface area contributed by atoms with Crippen LogP contribution in [0.3, 0.4) is 0 Å². The van der Waals surface area contributed by atoms with Gasteiger partial charge in [-0.3, -0.25) is 0 Å². The van der Waals surface area contributed by atoms with Crippen LogP contribution in [-0.4, -0.2) is 12.2 Å². The number of hydrogen-bond donors (Lipinski definition) is 0. The molecule has 0 aliphatic heterocycles. The number of thiazole rings is 1. The SMILES string of the molecule is Clc1sc(-c2ccccc2)nc1[P+](c1ccccc1)(c1ccccc1)c1ccccc1.F[B-](F)(F)F. The summed E-state index contributed by atoms with van der Waals surface area (Å²) in [6.07, 6.45) is 0. The zero-order chi connectivity index (χ0) is 25.6. The number of hydrogen-bond acceptors (Lipinski definition) is 2. The minimum absolute atomic E-state index is 0.753. The molecule has 0 saturated carbocycles. The second-order valence-corrected chi connectivity index (χ2v) is 12.6. The Labute approximate surface area is 216 Å². The molecule has 0 amide bonds. The molecule has 0 bridgehead atoms. The molecule has 9 heteroatoms. The number of halogens is 5. The van der Waals surface area contributed by atoms with Gasteiger partial charge in [0.25, 0.3) is 0 Å². The van der Waals surface area contributed by atoms with Crippen molar-refractivity contribution in [2.24, 2.45) is 0 Å². The van der Waals surface area contributed by atoms with Gasteiger partial charge < -0.3 is 17.3 Å². The minimum atomic E-state index is -6.00. The van der Waals surface area contributed by atoms with Crippen LogP contribution in [0.4, 0.5) is 17.3 Å². The van der Waals surface area contributed by atoms with Gasteiger partial charge in [0.05, 0.1) is 0 Å². The fraction of sp³-hybridized carbons (Fsp3) is 0. The zero-order valence-electron chi connectivity index (χ0n) is 18.8. The van der Waals surface area contributed by atoms with Crippen molar-refractivity contribution in [3.05, 3.63) is 126 Å². The molecule has 0 spiro atoms. The number of aromatic nitrogens is 1. The molecule has 0 N–H and O–H groups in total. The standard InChI is InChI=1S/C27H20ClNPS.BF4/c28-25-26(29-27(31-25)21-13-5-1-6-14-21)30(22-15-7-2-8-16-22,23-17-9-3-10-18-23)24-19-11-4-12-20-24;2-1(3,4)5/h1-20H;/q+1;-1. The summed E-state index contributed by atoms with van der Waals surface area (Å²) >= 11 is 8.57. The minimum Gasteiger partial charge on any atom is -0.418 e. The second-order valence-electron chi connectivity index (χ2n) is 7.65. The molecule has 0 radical (unpaired) electrons. The molecule has 4 aromatic carbocycles. The Kier molecular flexibility index (Phi) is 8.25. The fourth-order valence-corrected chi connectivity index (χ4v) is 9.93. The lowest BCUT2D eigenvalue weighted by Crippen LogP contribution is -2.39. The maximum absolute atomic E-state index is 9.75. The maximum atomic E-state index is 9.75. The van der Waals surface area contributed by atoms with Gasteiger partial charge >= 0.3 is 7.25 Å². The monoisotopic (exact) mass is 543 g/mol. The van der Waals surface area contributed by atoms with Gasteiger partial charge in [-0.25, -0.2) is 0 Å². The van der Waals surface area contributed by atoms with Crippen LogP contribution in [0.5, 0.6) is 0 Å². The average molecular weight is 544 g/mol. The van der Waals surface area contributed by atoms with E-state index in [1.165, 1.54) is 15.9 Å². The van der Waals surface area contributed by atoms with Crippen LogP contribution >= 0.6 is 30.2 Å². The molecule has 1 nitrogen and oxygen atoms in total. The van der Waals surface area contributed by atoms with Crippen LogP contribution in [-0.2, 0) is 0 Å². The van der Waals surface area contributed by atoms with Crippen LogP contribution in [0.1, 0.15) is 0 Å². The summed E-state index contributed by atoms with van der Waals surface area (Å²) in [6, 6.07) is 42.4. The Bertz CT molecular complexity index is 1280. The van der Waals surface area contributed by atoms with Crippen LogP contribution in [0, 0.1) is 0 Å². The van der Waals surface area contributed by atoms with Crippen molar-refractivity contribution >= 4 is 58.8 Å². The van der Waals surface area contributed by atoms with Crippen LogP contribution in [0.25, 0.3) is 10.6 Å². The molecule has 1 aromatic heterocycles. The third-order valence-electron chi connectivity index (χ3n) is 5.34. The molecular formula is C27H20BClF4NPS. The van der Waals surface area contributed by atoms with Crippen molar-refractivity contribution in [3.63, 3.8) is 0 Å². The van der Waals surface area contributed by atoms with Gasteiger partial charge in [0, 0.05) is 5.56 Å². The lowest BCUT2D eigenvalue weighted by Gasteiger charge is -2.25. The summed E-state index contributed by atoms with van der Waals surface area (Å²) in [7, 11) is -8.28. The van der Waals surface area contributed by atoms with E-state index in [1.807, 2.05) is 18.2 Å². The lowest BCUT2D eigenvalue weighted by molar-refractivity contribution is 0.368. The van der Waals surface area contributed by atoms with Gasteiger partial charge in [0.15, 0.2) is 11.6 Å². The molecule has 0 aliphatic carbocycles. The topological polar surface area (TPSA) is 12.9 Å². The molecule has 0 saturated heterocycles. The third-order valence-corrected chi connectivity index (χ3v) is 11.1. The summed E-state index contributed by atoms with van der Waals surface area (Å²) in [4.78, 5) is 5.22. The van der Waals surface area contributed by atoms with Gasteiger partial charge in [-0.2, -0.15) is 4.98 Å². The van der Waals surface area contributed by atoms with Gasteiger partial charge in [-0.05, 0) is 36.4 Å². The predicted octanol–water partition coefficient (Wildman–Crippen LogP) is 7.38. The van der Waals surface area contributed by atoms with E-state index in [9.17, 15) is 17.3 Å². The Morgan fingerprint density at radius 2 is 0.917 bits per heavy atom. The number of benzene rings is 4. The van der Waals surface area contributed by atoms with E-state index in [-0.39, 0.29) is 0 Å². The number of rotatable bonds is 5. The zero-order valence-corrected chi connectivity index (χ0v) is 21.3. The third kappa shape index (κ3) is 5.87. The molecule has 0 unspecified atom stereocenters. The van der Waals surface area contributed by atoms with Crippen molar-refractivity contribution in [2.75, 3.05) is 0 Å². The van der Waals surface area contributed by atoms with Gasteiger partial charge in [-0.1, -0.05) is 108 Å². The molecule has 0 aliphatic rings. The van der Waals surface area contributed by atoms with Crippen molar-refractivity contribution in [3.8, 4) is 10.6 Å². The van der Waals surface area contributed by atoms with Crippen LogP contribution in [0.2, 0.25) is 4.34 Å². The van der Waals surface area contributed by atoms with E-state index >= 15 is 0 Å². The van der Waals surface area contributed by atoms with Crippen molar-refractivity contribution in [2.45, 2.75) is 0 Å². The fourth-order valence-electron chi connectivity index (χ4n) is 3.97. The van der Waals surface area contributed by atoms with E-state index in [0.29, 0.717) is 0 Å². The molecule has 0 fully saturated rings. The predicted molar refractivity (Wildman–Crippen MR) is 148 cm³/mol. The first-order chi connectivity index (χ1) is 17.3. The van der Waals surface area contributed by atoms with E-state index < -0.39 is 14.5 Å². The van der Waals surface area contributed by atoms with Crippen molar-refractivity contribution < 1.29 is 17.3 Å². The van der Waals surface area contributed by atoms with Gasteiger partial charge in [0.1, 0.15) is 20.9 Å². The smallest absolute Gasteiger partial charge is 0.418 e. The largest absolute Gasteiger partial charge is 0.673 e. The summed E-state index contributed by atoms with van der Waals surface area (Å²) in [5, 5.41) is 4.70. The van der Waals surface area contributed by atoms with Gasteiger partial charge in [0.2, 0.25) is 5.44 Å². The summed E-state index contributed by atoms with van der Waals surface area (Å²) in [5.74, 6) is 0. The Balaban J connectivity index is 0.000000556. The normalized spacial score (nSPS) is 11.5. The first-order valence-electron chi connectivity index (χ1n) is 11.0. The van der Waals surface area contributed by atoms with E-state index in [2.05, 4.69) is 103 Å². The molecule has 5 aromatic rings. The highest BCUT2D eigenvalue weighted by Crippen LogP contribution is 2.56. The average Bonchev–Trinajstić information content (AvgIpc) is 3.28. The Morgan fingerprint density at radius 3 is 1.28 bits per heavy atom. The molecule has 5 rings (SSSR count). The van der Waals surface area contributed by atoms with E-state index in [0.717, 1.165) is 20.3 Å². The van der Waals surface area contributed by atoms with E-state index in [4.69, 9.17) is 16.6 Å². The first kappa shape index (κ1) is 26.1. The second kappa shape index (κ2) is 11.4. The maximum Gasteiger partial charge on any atom is 0.673 e. The summed E-state index contributed by atoms with van der Waals surface area (Å²) < 4.78 is 39.8. The molecular weight excluding hydrogens is 524 g/mol. The molecule has 0 atom stereocenters. The van der Waals surface area contributed by atoms with Crippen LogP contribution < -0.4 is 21.3 Å². The van der Waals surface area contributed by atoms with Gasteiger partial charge in [-0.15, -0.1) is 0 Å². The molecule has 1 heterocycles. The molecule has 182 valence electrons. The van der Waals surface area contributed by atoms with E-state index in [1.54, 1.807) is 11.3 Å². The van der Waals surface area contributed by atoms with Crippen molar-refractivity contribution in [1.29, 1.82) is 0 Å². The van der Waals surface area contributed by atoms with Crippen LogP contribution in [0.15, 0.2) is 121 Å². The highest BCUT2D eigenvalue weighted by Gasteiger charge is 2.51. The summed E-state index contributed by atoms with van der Waals surface area (Å²) in [5.41, 5.74) is 2.06. The quantitative estimate of drug-likeness (QED) is 0.128. The lowest BCUT2D eigenvalue weighted by atomic mass is 10.2. The highest BCUT2D eigenvalue weighted by atomic mass is 35.5. The molecule has 36 heavy (non-hydrogen) atoms. The summed E-state index contributed by atoms with van der Waals surface area (Å²) in [6.45, 7) is 0. The van der Waals surface area contributed by atoms with Crippen molar-refractivity contribution in [1.82, 2.24) is 4.98 Å².